The highest BCUT2D eigenvalue weighted by molar-refractivity contribution is 5.93. The predicted molar refractivity (Wildman–Crippen MR) is 117 cm³/mol. The van der Waals surface area contributed by atoms with E-state index in [0.717, 1.165) is 17.3 Å². The van der Waals surface area contributed by atoms with E-state index in [9.17, 15) is 14.6 Å². The summed E-state index contributed by atoms with van der Waals surface area (Å²) in [5.41, 5.74) is 15.6. The second-order valence-electron chi connectivity index (χ2n) is 7.20. The number of halogens is 1. The van der Waals surface area contributed by atoms with Gasteiger partial charge in [0.05, 0.1) is 11.7 Å². The van der Waals surface area contributed by atoms with Gasteiger partial charge in [0.25, 0.3) is 5.91 Å². The van der Waals surface area contributed by atoms with Crippen molar-refractivity contribution in [2.45, 2.75) is 18.5 Å². The first kappa shape index (κ1) is 21.3. The molecule has 2 atom stereocenters. The summed E-state index contributed by atoms with van der Waals surface area (Å²) in [6.45, 7) is 0.769. The topological polar surface area (TPSA) is 107 Å². The average Bonchev–Trinajstić information content (AvgIpc) is 2.76. The fourth-order valence-electron chi connectivity index (χ4n) is 3.67. The van der Waals surface area contributed by atoms with E-state index in [0.29, 0.717) is 24.2 Å². The monoisotopic (exact) mass is 406 g/mol. The van der Waals surface area contributed by atoms with Gasteiger partial charge in [-0.3, -0.25) is 4.79 Å². The van der Waals surface area contributed by atoms with E-state index in [1.165, 1.54) is 18.2 Å². The molecule has 0 bridgehead atoms. The van der Waals surface area contributed by atoms with Crippen LogP contribution in [-0.2, 0) is 11.3 Å². The van der Waals surface area contributed by atoms with Crippen molar-refractivity contribution in [3.63, 3.8) is 0 Å². The third-order valence-corrected chi connectivity index (χ3v) is 5.21. The largest absolute Gasteiger partial charge is 0.810 e. The van der Waals surface area contributed by atoms with Crippen LogP contribution in [0.15, 0.2) is 72.1 Å². The van der Waals surface area contributed by atoms with E-state index in [2.05, 4.69) is 5.32 Å². The molecule has 5 N–H and O–H groups in total. The van der Waals surface area contributed by atoms with Gasteiger partial charge in [0.15, 0.2) is 0 Å². The van der Waals surface area contributed by atoms with Crippen LogP contribution in [0.5, 0.6) is 0 Å². The molecular formula is C23H25FN5O-. The van der Waals surface area contributed by atoms with Crippen LogP contribution in [0, 0.1) is 5.82 Å². The lowest BCUT2D eigenvalue weighted by Crippen LogP contribution is -2.41. The number of hydrogen-bond acceptors (Lipinski definition) is 4. The Kier molecular flexibility index (Phi) is 6.64. The first-order valence-corrected chi connectivity index (χ1v) is 9.64. The van der Waals surface area contributed by atoms with Gasteiger partial charge in [-0.25, -0.2) is 4.39 Å². The summed E-state index contributed by atoms with van der Waals surface area (Å²) < 4.78 is 13.1. The van der Waals surface area contributed by atoms with Crippen LogP contribution >= 0.6 is 0 Å². The summed E-state index contributed by atoms with van der Waals surface area (Å²) in [5, 5.41) is 12.6. The lowest BCUT2D eigenvalue weighted by atomic mass is 9.85. The third kappa shape index (κ3) is 4.58. The smallest absolute Gasteiger partial charge is 0.269 e. The number of carbonyl (C=O) groups excluding carboxylic acids is 1. The van der Waals surface area contributed by atoms with Crippen LogP contribution in [0.3, 0.4) is 0 Å². The Hall–Kier alpha value is -3.45. The Balaban J connectivity index is 1.86. The number of nitrogens with two attached hydrogens (primary N) is 2. The maximum absolute atomic E-state index is 13.1. The van der Waals surface area contributed by atoms with Crippen LogP contribution in [-0.4, -0.2) is 30.6 Å². The average molecular weight is 406 g/mol. The normalized spacial score (nSPS) is 17.8. The summed E-state index contributed by atoms with van der Waals surface area (Å²) in [6, 6.07) is 12.9. The molecule has 0 saturated carbocycles. The Morgan fingerprint density at radius 2 is 1.97 bits per heavy atom. The minimum atomic E-state index is -0.632. The predicted octanol–water partition coefficient (Wildman–Crippen LogP) is 2.54. The molecule has 1 amide bonds. The van der Waals surface area contributed by atoms with Crippen LogP contribution in [0.2, 0.25) is 0 Å². The molecule has 0 radical (unpaired) electrons. The first-order chi connectivity index (χ1) is 14.4. The van der Waals surface area contributed by atoms with Crippen molar-refractivity contribution in [2.75, 3.05) is 13.6 Å². The number of rotatable bonds is 6. The Bertz CT molecular complexity index is 983. The maximum atomic E-state index is 13.1. The van der Waals surface area contributed by atoms with Crippen molar-refractivity contribution in [3.8, 4) is 0 Å². The number of nitrogens with zero attached hydrogens (tertiary/aromatic N) is 2. The summed E-state index contributed by atoms with van der Waals surface area (Å²) in [4.78, 5) is 14.7. The van der Waals surface area contributed by atoms with E-state index in [1.54, 1.807) is 30.3 Å². The summed E-state index contributed by atoms with van der Waals surface area (Å²) in [7, 11) is 1.75. The zero-order valence-electron chi connectivity index (χ0n) is 16.8. The van der Waals surface area contributed by atoms with Gasteiger partial charge < -0.3 is 27.1 Å². The van der Waals surface area contributed by atoms with E-state index >= 15 is 0 Å². The SMILES string of the molecule is CN/C=C(\C=[N-])C1CN(C(=O)/C(N)=C/C(N)c2ccc(F)cc2)Cc2ccccc21. The zero-order chi connectivity index (χ0) is 21.7. The van der Waals surface area contributed by atoms with Crippen molar-refractivity contribution in [2.24, 2.45) is 11.5 Å². The van der Waals surface area contributed by atoms with Gasteiger partial charge in [0.1, 0.15) is 5.82 Å². The van der Waals surface area contributed by atoms with Gasteiger partial charge in [-0.1, -0.05) is 36.4 Å². The number of hydrogen-bond donors (Lipinski definition) is 3. The lowest BCUT2D eigenvalue weighted by Gasteiger charge is -2.36. The molecule has 30 heavy (non-hydrogen) atoms. The number of fused-ring (bicyclic) bond motifs is 1. The fourth-order valence-corrected chi connectivity index (χ4v) is 3.67. The summed E-state index contributed by atoms with van der Waals surface area (Å²) >= 11 is 0. The van der Waals surface area contributed by atoms with Gasteiger partial charge in [0.2, 0.25) is 0 Å². The lowest BCUT2D eigenvalue weighted by molar-refractivity contribution is -0.128. The molecule has 156 valence electrons. The molecule has 0 spiro atoms. The minimum absolute atomic E-state index is 0.0251. The van der Waals surface area contributed by atoms with Gasteiger partial charge in [-0.05, 0) is 46.7 Å². The van der Waals surface area contributed by atoms with Crippen molar-refractivity contribution in [1.82, 2.24) is 10.2 Å². The first-order valence-electron chi connectivity index (χ1n) is 9.64. The van der Waals surface area contributed by atoms with Crippen LogP contribution in [0.4, 0.5) is 4.39 Å². The number of carbonyl (C=O) groups is 1. The second kappa shape index (κ2) is 9.37. The van der Waals surface area contributed by atoms with E-state index in [-0.39, 0.29) is 23.3 Å². The standard InChI is InChI=1S/C23H25FN5O/c1-28-12-17(11-25)20-14-29(13-16-4-2-3-5-19(16)20)23(30)22(27)10-21(26)15-6-8-18(24)9-7-15/h2-12,20-21,28H,13-14,26-27H2,1H3/q-1/b17-12+,22-10-. The van der Waals surface area contributed by atoms with Crippen LogP contribution in [0.1, 0.15) is 28.7 Å². The Morgan fingerprint density at radius 3 is 2.63 bits per heavy atom. The number of amides is 1. The highest BCUT2D eigenvalue weighted by atomic mass is 19.1. The molecule has 0 fully saturated rings. The maximum Gasteiger partial charge on any atom is 0.269 e. The molecule has 2 unspecified atom stereocenters. The molecule has 7 heteroatoms. The molecule has 0 aromatic heterocycles. The highest BCUT2D eigenvalue weighted by Gasteiger charge is 2.30. The fraction of sp³-hybridized carbons (Fsp3) is 0.217. The van der Waals surface area contributed by atoms with Crippen molar-refractivity contribution in [3.05, 3.63) is 100.0 Å². The molecule has 2 aromatic carbocycles. The second-order valence-corrected chi connectivity index (χ2v) is 7.20. The van der Waals surface area contributed by atoms with Crippen molar-refractivity contribution < 1.29 is 9.18 Å². The molecule has 1 aliphatic rings. The van der Waals surface area contributed by atoms with Crippen molar-refractivity contribution in [1.29, 1.82) is 0 Å². The van der Waals surface area contributed by atoms with Crippen molar-refractivity contribution >= 4 is 12.1 Å². The quantitative estimate of drug-likeness (QED) is 0.506. The molecular weight excluding hydrogens is 381 g/mol. The van der Waals surface area contributed by atoms with Crippen LogP contribution in [0.25, 0.3) is 5.41 Å². The van der Waals surface area contributed by atoms with E-state index in [4.69, 9.17) is 11.5 Å². The molecule has 6 nitrogen and oxygen atoms in total. The van der Waals surface area contributed by atoms with Gasteiger partial charge in [-0.2, -0.15) is 6.21 Å². The highest BCUT2D eigenvalue weighted by Crippen LogP contribution is 2.33. The minimum Gasteiger partial charge on any atom is -0.810 e. The van der Waals surface area contributed by atoms with E-state index in [1.807, 2.05) is 24.3 Å². The summed E-state index contributed by atoms with van der Waals surface area (Å²) in [6.07, 6.45) is 4.24. The molecule has 2 aromatic rings. The molecule has 0 saturated heterocycles. The number of nitrogens with one attached hydrogen (secondary N) is 1. The van der Waals surface area contributed by atoms with Gasteiger partial charge in [-0.15, -0.1) is 0 Å². The summed E-state index contributed by atoms with van der Waals surface area (Å²) in [5.74, 6) is -0.896. The molecule has 0 aliphatic carbocycles. The Labute approximate surface area is 175 Å². The Morgan fingerprint density at radius 1 is 1.27 bits per heavy atom. The third-order valence-electron chi connectivity index (χ3n) is 5.21. The van der Waals surface area contributed by atoms with Gasteiger partial charge >= 0.3 is 0 Å². The van der Waals surface area contributed by atoms with Crippen LogP contribution < -0.4 is 16.8 Å². The number of benzene rings is 2. The van der Waals surface area contributed by atoms with Gasteiger partial charge in [0, 0.05) is 26.1 Å². The molecule has 3 rings (SSSR count). The van der Waals surface area contributed by atoms with E-state index < -0.39 is 6.04 Å². The molecule has 1 heterocycles. The molecule has 1 aliphatic heterocycles. The zero-order valence-corrected chi connectivity index (χ0v) is 16.8.